The predicted octanol–water partition coefficient (Wildman–Crippen LogP) is 4.51. The number of nitrogens with one attached hydrogen (secondary N) is 1. The van der Waals surface area contributed by atoms with Crippen LogP contribution in [0.15, 0.2) is 79.5 Å². The summed E-state index contributed by atoms with van der Waals surface area (Å²) in [5, 5.41) is 5.76. The molecule has 1 nitrogen and oxygen atoms in total. The van der Waals surface area contributed by atoms with Gasteiger partial charge in [-0.2, -0.15) is 0 Å². The van der Waals surface area contributed by atoms with Gasteiger partial charge in [-0.05, 0) is 35.1 Å². The Bertz CT molecular complexity index is 579. The van der Waals surface area contributed by atoms with Crippen LogP contribution in [-0.2, 0) is 0 Å². The Kier molecular flexibility index (Phi) is 3.41. The third-order valence-corrected chi connectivity index (χ3v) is 2.56. The summed E-state index contributed by atoms with van der Waals surface area (Å²) in [4.78, 5) is 0. The van der Waals surface area contributed by atoms with Crippen molar-refractivity contribution in [1.82, 2.24) is 0 Å². The van der Waals surface area contributed by atoms with Crippen molar-refractivity contribution in [2.24, 2.45) is 0 Å². The summed E-state index contributed by atoms with van der Waals surface area (Å²) in [6, 6.07) is 14.6. The SMILES string of the molecule is C=C/C=C(\C=C)Nc1ccc2ccccc2c1. The molecule has 0 unspecified atom stereocenters. The van der Waals surface area contributed by atoms with E-state index in [0.29, 0.717) is 0 Å². The molecule has 2 rings (SSSR count). The van der Waals surface area contributed by atoms with Crippen LogP contribution < -0.4 is 5.32 Å². The number of hydrogen-bond acceptors (Lipinski definition) is 1. The molecule has 0 saturated heterocycles. The van der Waals surface area contributed by atoms with Gasteiger partial charge in [0.05, 0.1) is 0 Å². The molecule has 0 fully saturated rings. The maximum atomic E-state index is 3.76. The Morgan fingerprint density at radius 1 is 1.00 bits per heavy atom. The quantitative estimate of drug-likeness (QED) is 0.749. The van der Waals surface area contributed by atoms with E-state index < -0.39 is 0 Å². The molecule has 0 atom stereocenters. The fourth-order valence-electron chi connectivity index (χ4n) is 1.72. The monoisotopic (exact) mass is 221 g/mol. The lowest BCUT2D eigenvalue weighted by Crippen LogP contribution is -1.95. The Hall–Kier alpha value is -2.28. The normalized spacial score (nSPS) is 11.2. The van der Waals surface area contributed by atoms with Crippen LogP contribution in [-0.4, -0.2) is 0 Å². The Morgan fingerprint density at radius 3 is 2.47 bits per heavy atom. The number of hydrogen-bond donors (Lipinski definition) is 1. The lowest BCUT2D eigenvalue weighted by Gasteiger charge is -2.07. The summed E-state index contributed by atoms with van der Waals surface area (Å²) in [5.41, 5.74) is 1.99. The second kappa shape index (κ2) is 5.17. The van der Waals surface area contributed by atoms with E-state index in [-0.39, 0.29) is 0 Å². The van der Waals surface area contributed by atoms with Gasteiger partial charge >= 0.3 is 0 Å². The highest BCUT2D eigenvalue weighted by molar-refractivity contribution is 5.85. The third-order valence-electron chi connectivity index (χ3n) is 2.56. The second-order valence-corrected chi connectivity index (χ2v) is 3.75. The van der Waals surface area contributed by atoms with E-state index in [9.17, 15) is 0 Å². The highest BCUT2D eigenvalue weighted by Gasteiger charge is 1.96. The van der Waals surface area contributed by atoms with Crippen molar-refractivity contribution in [2.45, 2.75) is 0 Å². The van der Waals surface area contributed by atoms with Gasteiger partial charge < -0.3 is 5.32 Å². The van der Waals surface area contributed by atoms with E-state index in [1.54, 1.807) is 12.2 Å². The molecule has 0 bridgehead atoms. The second-order valence-electron chi connectivity index (χ2n) is 3.75. The predicted molar refractivity (Wildman–Crippen MR) is 76.0 cm³/mol. The molecule has 0 saturated carbocycles. The van der Waals surface area contributed by atoms with E-state index in [2.05, 4.69) is 48.8 Å². The van der Waals surface area contributed by atoms with Crippen LogP contribution in [0.25, 0.3) is 10.8 Å². The Balaban J connectivity index is 2.33. The van der Waals surface area contributed by atoms with Crippen LogP contribution in [0.4, 0.5) is 5.69 Å². The smallest absolute Gasteiger partial charge is 0.0390 e. The van der Waals surface area contributed by atoms with Gasteiger partial charge in [-0.1, -0.05) is 49.6 Å². The molecule has 84 valence electrons. The van der Waals surface area contributed by atoms with Crippen LogP contribution in [0.3, 0.4) is 0 Å². The zero-order valence-electron chi connectivity index (χ0n) is 9.69. The average molecular weight is 221 g/mol. The minimum Gasteiger partial charge on any atom is -0.356 e. The number of rotatable bonds is 4. The molecule has 0 heterocycles. The first kappa shape index (κ1) is 11.2. The van der Waals surface area contributed by atoms with Crippen LogP contribution in [0.2, 0.25) is 0 Å². The highest BCUT2D eigenvalue weighted by Crippen LogP contribution is 2.20. The summed E-state index contributed by atoms with van der Waals surface area (Å²) in [5.74, 6) is 0. The topological polar surface area (TPSA) is 12.0 Å². The van der Waals surface area contributed by atoms with Crippen LogP contribution >= 0.6 is 0 Å². The fourth-order valence-corrected chi connectivity index (χ4v) is 1.72. The van der Waals surface area contributed by atoms with Crippen molar-refractivity contribution in [2.75, 3.05) is 5.32 Å². The molecule has 0 aliphatic rings. The molecule has 0 aromatic heterocycles. The number of benzene rings is 2. The standard InChI is InChI=1S/C16H15N/c1-3-7-15(4-2)17-16-11-10-13-8-5-6-9-14(13)12-16/h3-12,17H,1-2H2/b15-7+. The van der Waals surface area contributed by atoms with Gasteiger partial charge in [-0.3, -0.25) is 0 Å². The molecular weight excluding hydrogens is 206 g/mol. The van der Waals surface area contributed by atoms with Crippen molar-refractivity contribution in [3.05, 3.63) is 79.5 Å². The summed E-state index contributed by atoms with van der Waals surface area (Å²) < 4.78 is 0. The summed E-state index contributed by atoms with van der Waals surface area (Å²) >= 11 is 0. The minimum atomic E-state index is 0.940. The first-order chi connectivity index (χ1) is 8.33. The molecule has 0 spiro atoms. The lowest BCUT2D eigenvalue weighted by atomic mass is 10.1. The molecule has 2 aromatic carbocycles. The van der Waals surface area contributed by atoms with Crippen molar-refractivity contribution >= 4 is 16.5 Å². The number of anilines is 1. The van der Waals surface area contributed by atoms with Crippen molar-refractivity contribution in [3.8, 4) is 0 Å². The summed E-state index contributed by atoms with van der Waals surface area (Å²) in [6.45, 7) is 7.44. The van der Waals surface area contributed by atoms with Crippen LogP contribution in [0, 0.1) is 0 Å². The number of allylic oxidation sites excluding steroid dienone is 3. The molecule has 0 aliphatic carbocycles. The Labute approximate surface area is 102 Å². The minimum absolute atomic E-state index is 0.940. The molecule has 0 radical (unpaired) electrons. The van der Waals surface area contributed by atoms with Crippen molar-refractivity contribution < 1.29 is 0 Å². The molecule has 1 heteroatoms. The lowest BCUT2D eigenvalue weighted by molar-refractivity contribution is 1.49. The molecule has 2 aromatic rings. The Morgan fingerprint density at radius 2 is 1.76 bits per heavy atom. The van der Waals surface area contributed by atoms with Crippen molar-refractivity contribution in [1.29, 1.82) is 0 Å². The molecule has 1 N–H and O–H groups in total. The van der Waals surface area contributed by atoms with E-state index in [1.165, 1.54) is 10.8 Å². The molecule has 0 aliphatic heterocycles. The first-order valence-corrected chi connectivity index (χ1v) is 5.54. The van der Waals surface area contributed by atoms with Gasteiger partial charge in [0.1, 0.15) is 0 Å². The van der Waals surface area contributed by atoms with Gasteiger partial charge in [-0.15, -0.1) is 0 Å². The van der Waals surface area contributed by atoms with Crippen LogP contribution in [0.5, 0.6) is 0 Å². The summed E-state index contributed by atoms with van der Waals surface area (Å²) in [7, 11) is 0. The maximum absolute atomic E-state index is 3.76. The van der Waals surface area contributed by atoms with E-state index in [4.69, 9.17) is 0 Å². The zero-order chi connectivity index (χ0) is 12.1. The van der Waals surface area contributed by atoms with Gasteiger partial charge in [0.25, 0.3) is 0 Å². The fraction of sp³-hybridized carbons (Fsp3) is 0. The van der Waals surface area contributed by atoms with E-state index in [1.807, 2.05) is 18.2 Å². The molecular formula is C16H15N. The highest BCUT2D eigenvalue weighted by atomic mass is 14.9. The largest absolute Gasteiger partial charge is 0.356 e. The van der Waals surface area contributed by atoms with E-state index in [0.717, 1.165) is 11.4 Å². The summed E-state index contributed by atoms with van der Waals surface area (Å²) in [6.07, 6.45) is 5.41. The van der Waals surface area contributed by atoms with Crippen molar-refractivity contribution in [3.63, 3.8) is 0 Å². The first-order valence-electron chi connectivity index (χ1n) is 5.54. The van der Waals surface area contributed by atoms with E-state index >= 15 is 0 Å². The zero-order valence-corrected chi connectivity index (χ0v) is 9.69. The van der Waals surface area contributed by atoms with Crippen LogP contribution in [0.1, 0.15) is 0 Å². The number of fused-ring (bicyclic) bond motifs is 1. The average Bonchev–Trinajstić information content (AvgIpc) is 2.38. The molecule has 17 heavy (non-hydrogen) atoms. The van der Waals surface area contributed by atoms with Gasteiger partial charge in [0.15, 0.2) is 0 Å². The molecule has 0 amide bonds. The maximum Gasteiger partial charge on any atom is 0.0390 e. The van der Waals surface area contributed by atoms with Gasteiger partial charge in [-0.25, -0.2) is 0 Å². The third kappa shape index (κ3) is 2.64. The van der Waals surface area contributed by atoms with Gasteiger partial charge in [0.2, 0.25) is 0 Å². The van der Waals surface area contributed by atoms with Gasteiger partial charge in [0, 0.05) is 11.4 Å².